The van der Waals surface area contributed by atoms with E-state index in [0.717, 1.165) is 39.9 Å². The SMILES string of the molecule is Cc1cc(C)c(C2C(C#N)=C(N)N(c3ccc(C(F)(F)F)cc3)C3=C2C(=O)CCC3)cc1COc1ccc(Cl)cc1C. The Morgan fingerprint density at radius 2 is 1.74 bits per heavy atom. The summed E-state index contributed by atoms with van der Waals surface area (Å²) in [4.78, 5) is 15.1. The number of anilines is 1. The maximum atomic E-state index is 13.5. The van der Waals surface area contributed by atoms with Gasteiger partial charge in [-0.3, -0.25) is 9.69 Å². The Bertz CT molecular complexity index is 1680. The monoisotopic (exact) mass is 591 g/mol. The molecule has 42 heavy (non-hydrogen) atoms. The lowest BCUT2D eigenvalue weighted by Gasteiger charge is -2.40. The van der Waals surface area contributed by atoms with Crippen LogP contribution in [0.2, 0.25) is 5.02 Å². The van der Waals surface area contributed by atoms with Gasteiger partial charge in [0.05, 0.1) is 23.1 Å². The molecule has 0 spiro atoms. The van der Waals surface area contributed by atoms with Crippen molar-refractivity contribution in [3.63, 3.8) is 0 Å². The Morgan fingerprint density at radius 1 is 1.02 bits per heavy atom. The largest absolute Gasteiger partial charge is 0.489 e. The lowest BCUT2D eigenvalue weighted by molar-refractivity contribution is -0.137. The van der Waals surface area contributed by atoms with Gasteiger partial charge in [-0.05, 0) is 104 Å². The van der Waals surface area contributed by atoms with Crippen LogP contribution in [0.3, 0.4) is 0 Å². The number of halogens is 4. The van der Waals surface area contributed by atoms with Crippen LogP contribution in [0.15, 0.2) is 77.3 Å². The average molecular weight is 592 g/mol. The van der Waals surface area contributed by atoms with Crippen molar-refractivity contribution in [2.45, 2.75) is 58.7 Å². The number of rotatable bonds is 5. The predicted octanol–water partition coefficient (Wildman–Crippen LogP) is 8.17. The van der Waals surface area contributed by atoms with Crippen LogP contribution in [-0.2, 0) is 17.6 Å². The van der Waals surface area contributed by atoms with E-state index in [9.17, 15) is 23.2 Å². The number of nitriles is 1. The molecule has 0 radical (unpaired) electrons. The Balaban J connectivity index is 1.60. The number of hydrogen-bond acceptors (Lipinski definition) is 5. The summed E-state index contributed by atoms with van der Waals surface area (Å²) in [5.74, 6) is -0.0153. The predicted molar refractivity (Wildman–Crippen MR) is 156 cm³/mol. The van der Waals surface area contributed by atoms with Crippen molar-refractivity contribution in [3.05, 3.63) is 116 Å². The Morgan fingerprint density at radius 3 is 2.38 bits per heavy atom. The molecule has 0 amide bonds. The zero-order valence-corrected chi connectivity index (χ0v) is 24.2. The van der Waals surface area contributed by atoms with Crippen LogP contribution in [0.25, 0.3) is 0 Å². The molecular weight excluding hydrogens is 563 g/mol. The molecule has 1 aliphatic carbocycles. The van der Waals surface area contributed by atoms with Crippen molar-refractivity contribution >= 4 is 23.1 Å². The molecule has 5 nitrogen and oxygen atoms in total. The summed E-state index contributed by atoms with van der Waals surface area (Å²) in [6.45, 7) is 6.07. The van der Waals surface area contributed by atoms with Crippen molar-refractivity contribution in [2.75, 3.05) is 4.90 Å². The van der Waals surface area contributed by atoms with Gasteiger partial charge in [-0.25, -0.2) is 0 Å². The second kappa shape index (κ2) is 11.2. The number of allylic oxidation sites excluding steroid dienone is 3. The van der Waals surface area contributed by atoms with Gasteiger partial charge in [0.2, 0.25) is 0 Å². The lowest BCUT2D eigenvalue weighted by atomic mass is 9.74. The molecule has 0 saturated carbocycles. The fourth-order valence-electron chi connectivity index (χ4n) is 5.80. The van der Waals surface area contributed by atoms with E-state index < -0.39 is 17.7 Å². The topological polar surface area (TPSA) is 79.4 Å². The standard InChI is InChI=1S/C33H29ClF3N3O2/c1-18-13-19(2)25(15-21(18)17-42-29-12-9-23(34)14-20(29)3)30-26(16-38)32(39)40(27-5-4-6-28(41)31(27)30)24-10-7-22(8-11-24)33(35,36)37/h7-15,30H,4-6,17,39H2,1-3H3. The van der Waals surface area contributed by atoms with Gasteiger partial charge >= 0.3 is 6.18 Å². The zero-order chi connectivity index (χ0) is 30.3. The van der Waals surface area contributed by atoms with Crippen molar-refractivity contribution in [3.8, 4) is 11.8 Å². The van der Waals surface area contributed by atoms with Crippen molar-refractivity contribution in [1.82, 2.24) is 0 Å². The van der Waals surface area contributed by atoms with Crippen LogP contribution in [0.1, 0.15) is 58.6 Å². The summed E-state index contributed by atoms with van der Waals surface area (Å²) in [5.41, 5.74) is 11.9. The first-order chi connectivity index (χ1) is 19.9. The van der Waals surface area contributed by atoms with Crippen LogP contribution in [0.5, 0.6) is 5.75 Å². The average Bonchev–Trinajstić information content (AvgIpc) is 2.93. The number of ether oxygens (including phenoxy) is 1. The van der Waals surface area contributed by atoms with Gasteiger partial charge in [-0.2, -0.15) is 18.4 Å². The van der Waals surface area contributed by atoms with Crippen LogP contribution in [0, 0.1) is 32.1 Å². The molecule has 1 aliphatic heterocycles. The van der Waals surface area contributed by atoms with Gasteiger partial charge in [0.15, 0.2) is 5.78 Å². The summed E-state index contributed by atoms with van der Waals surface area (Å²) < 4.78 is 45.8. The quantitative estimate of drug-likeness (QED) is 0.324. The molecule has 0 bridgehead atoms. The summed E-state index contributed by atoms with van der Waals surface area (Å²) in [7, 11) is 0. The molecule has 0 fully saturated rings. The molecule has 1 atom stereocenters. The van der Waals surface area contributed by atoms with Crippen LogP contribution >= 0.6 is 11.6 Å². The number of carbonyl (C=O) groups excluding carboxylic acids is 1. The molecule has 1 unspecified atom stereocenters. The maximum absolute atomic E-state index is 13.5. The molecular formula is C33H29ClF3N3O2. The third-order valence-electron chi connectivity index (χ3n) is 7.92. The molecule has 2 N–H and O–H groups in total. The molecule has 3 aromatic carbocycles. The number of hydrogen-bond donors (Lipinski definition) is 1. The van der Waals surface area contributed by atoms with E-state index >= 15 is 0 Å². The second-order valence-corrected chi connectivity index (χ2v) is 11.1. The molecule has 2 aliphatic rings. The Hall–Kier alpha value is -4.22. The lowest BCUT2D eigenvalue weighted by Crippen LogP contribution is -2.39. The van der Waals surface area contributed by atoms with Crippen LogP contribution < -0.4 is 15.4 Å². The highest BCUT2D eigenvalue weighted by Crippen LogP contribution is 2.47. The zero-order valence-electron chi connectivity index (χ0n) is 23.4. The summed E-state index contributed by atoms with van der Waals surface area (Å²) in [6, 6.07) is 16.2. The molecule has 216 valence electrons. The third-order valence-corrected chi connectivity index (χ3v) is 8.16. The van der Waals surface area contributed by atoms with Gasteiger partial charge in [0, 0.05) is 28.4 Å². The molecule has 0 saturated heterocycles. The maximum Gasteiger partial charge on any atom is 0.416 e. The summed E-state index contributed by atoms with van der Waals surface area (Å²) in [5, 5.41) is 11.0. The normalized spacial score (nSPS) is 17.3. The van der Waals surface area contributed by atoms with E-state index in [2.05, 4.69) is 6.07 Å². The third kappa shape index (κ3) is 5.37. The first-order valence-electron chi connectivity index (χ1n) is 13.5. The van der Waals surface area contributed by atoms with Crippen molar-refractivity contribution < 1.29 is 22.7 Å². The van der Waals surface area contributed by atoms with Gasteiger partial charge in [0.25, 0.3) is 0 Å². The molecule has 0 aromatic heterocycles. The number of carbonyl (C=O) groups is 1. The van der Waals surface area contributed by atoms with E-state index in [1.165, 1.54) is 12.1 Å². The minimum Gasteiger partial charge on any atom is -0.489 e. The molecule has 3 aromatic rings. The first-order valence-corrected chi connectivity index (χ1v) is 13.9. The van der Waals surface area contributed by atoms with E-state index in [1.807, 2.05) is 45.0 Å². The summed E-state index contributed by atoms with van der Waals surface area (Å²) >= 11 is 6.09. The first kappa shape index (κ1) is 29.3. The van der Waals surface area contributed by atoms with Gasteiger partial charge in [-0.1, -0.05) is 23.7 Å². The van der Waals surface area contributed by atoms with E-state index in [-0.39, 0.29) is 23.8 Å². The summed E-state index contributed by atoms with van der Waals surface area (Å²) in [6.07, 6.45) is -3.12. The minimum atomic E-state index is -4.49. The molecule has 9 heteroatoms. The van der Waals surface area contributed by atoms with Gasteiger partial charge in [-0.15, -0.1) is 0 Å². The highest BCUT2D eigenvalue weighted by Gasteiger charge is 2.41. The van der Waals surface area contributed by atoms with E-state index in [1.54, 1.807) is 11.0 Å². The fraction of sp³-hybridized carbons (Fsp3) is 0.273. The molecule has 5 rings (SSSR count). The number of alkyl halides is 3. The highest BCUT2D eigenvalue weighted by atomic mass is 35.5. The van der Waals surface area contributed by atoms with Crippen LogP contribution in [0.4, 0.5) is 18.9 Å². The van der Waals surface area contributed by atoms with E-state index in [4.69, 9.17) is 22.1 Å². The number of aryl methyl sites for hydroxylation is 3. The van der Waals surface area contributed by atoms with Gasteiger partial charge in [0.1, 0.15) is 18.2 Å². The van der Waals surface area contributed by atoms with Gasteiger partial charge < -0.3 is 10.5 Å². The number of ketones is 1. The van der Waals surface area contributed by atoms with Crippen molar-refractivity contribution in [1.29, 1.82) is 5.26 Å². The van der Waals surface area contributed by atoms with E-state index in [0.29, 0.717) is 47.0 Å². The molecule has 1 heterocycles. The number of nitrogens with two attached hydrogens (primary N) is 1. The second-order valence-electron chi connectivity index (χ2n) is 10.7. The Kier molecular flexibility index (Phi) is 7.82. The smallest absolute Gasteiger partial charge is 0.416 e. The van der Waals surface area contributed by atoms with Crippen molar-refractivity contribution in [2.24, 2.45) is 5.73 Å². The Labute approximate surface area is 247 Å². The minimum absolute atomic E-state index is 0.102. The fourth-order valence-corrected chi connectivity index (χ4v) is 6.03. The number of benzene rings is 3. The number of Topliss-reactive ketones (excluding diaryl/α,β-unsaturated/α-hetero) is 1. The van der Waals surface area contributed by atoms with Crippen LogP contribution in [-0.4, -0.2) is 5.78 Å². The highest BCUT2D eigenvalue weighted by molar-refractivity contribution is 6.30. The number of nitrogens with zero attached hydrogens (tertiary/aromatic N) is 2.